The van der Waals surface area contributed by atoms with E-state index in [1.807, 2.05) is 33.9 Å². The van der Waals surface area contributed by atoms with Crippen LogP contribution in [0.2, 0.25) is 0 Å². The van der Waals surface area contributed by atoms with Crippen LogP contribution in [0.15, 0.2) is 11.6 Å². The molecule has 0 aromatic carbocycles. The van der Waals surface area contributed by atoms with Gasteiger partial charge < -0.3 is 0 Å². The van der Waals surface area contributed by atoms with E-state index in [0.29, 0.717) is 13.3 Å². The minimum atomic E-state index is -0.921. The summed E-state index contributed by atoms with van der Waals surface area (Å²) in [6.45, 7) is 13.1. The summed E-state index contributed by atoms with van der Waals surface area (Å²) in [6.07, 6.45) is 28.2. The van der Waals surface area contributed by atoms with E-state index in [1.165, 1.54) is 120 Å². The summed E-state index contributed by atoms with van der Waals surface area (Å²) in [5.41, 5.74) is 0.0172. The highest BCUT2D eigenvalue weighted by atomic mass is 16.2. The summed E-state index contributed by atoms with van der Waals surface area (Å²) in [5.74, 6) is -0.0923. The SMILES string of the molecule is CC=C(C)C1(C)C(=O)N(CN(C)CCCCCCCCCCCC)C(=O)N1CN(C)CCCCCCCCCCCC. The van der Waals surface area contributed by atoms with Gasteiger partial charge in [0, 0.05) is 0 Å². The second-order valence-electron chi connectivity index (χ2n) is 13.3. The lowest BCUT2D eigenvalue weighted by molar-refractivity contribution is -0.132. The lowest BCUT2D eigenvalue weighted by atomic mass is 9.91. The molecule has 0 aliphatic carbocycles. The quantitative estimate of drug-likeness (QED) is 0.0543. The molecule has 0 aromatic heterocycles. The molecule has 6 heteroatoms. The number of urea groups is 1. The van der Waals surface area contributed by atoms with Crippen LogP contribution in [0.5, 0.6) is 0 Å². The third-order valence-electron chi connectivity index (χ3n) is 9.42. The molecule has 0 N–H and O–H groups in total. The van der Waals surface area contributed by atoms with Crippen molar-refractivity contribution in [2.75, 3.05) is 40.5 Å². The fourth-order valence-electron chi connectivity index (χ4n) is 6.15. The predicted molar refractivity (Wildman–Crippen MR) is 181 cm³/mol. The van der Waals surface area contributed by atoms with Gasteiger partial charge in [0.05, 0.1) is 13.3 Å². The van der Waals surface area contributed by atoms with Gasteiger partial charge in [0.1, 0.15) is 5.54 Å². The third-order valence-corrected chi connectivity index (χ3v) is 9.42. The summed E-state index contributed by atoms with van der Waals surface area (Å²) in [5, 5.41) is 0. The van der Waals surface area contributed by atoms with E-state index in [1.54, 1.807) is 4.90 Å². The largest absolute Gasteiger partial charge is 0.330 e. The van der Waals surface area contributed by atoms with Crippen LogP contribution in [-0.2, 0) is 4.79 Å². The fraction of sp³-hybridized carbons (Fsp3) is 0.889. The Bertz CT molecular complexity index is 755. The highest BCUT2D eigenvalue weighted by Gasteiger charge is 2.55. The summed E-state index contributed by atoms with van der Waals surface area (Å²) in [7, 11) is 4.12. The molecule has 42 heavy (non-hydrogen) atoms. The monoisotopic (exact) mass is 591 g/mol. The fourth-order valence-corrected chi connectivity index (χ4v) is 6.15. The molecule has 0 saturated carbocycles. The molecule has 6 nitrogen and oxygen atoms in total. The Morgan fingerprint density at radius 3 is 1.38 bits per heavy atom. The summed E-state index contributed by atoms with van der Waals surface area (Å²) < 4.78 is 0. The van der Waals surface area contributed by atoms with Crippen molar-refractivity contribution < 1.29 is 9.59 Å². The van der Waals surface area contributed by atoms with Crippen molar-refractivity contribution in [2.45, 2.75) is 169 Å². The Labute approximate surface area is 261 Å². The van der Waals surface area contributed by atoms with E-state index in [9.17, 15) is 9.59 Å². The van der Waals surface area contributed by atoms with Gasteiger partial charge in [-0.1, -0.05) is 135 Å². The Morgan fingerprint density at radius 2 is 1.00 bits per heavy atom. The Kier molecular flexibility index (Phi) is 21.2. The number of imide groups is 1. The molecule has 0 radical (unpaired) electrons. The van der Waals surface area contributed by atoms with E-state index in [-0.39, 0.29) is 11.9 Å². The maximum Gasteiger partial charge on any atom is 0.330 e. The average molecular weight is 591 g/mol. The number of carbonyl (C=O) groups excluding carboxylic acids is 2. The first-order valence-electron chi connectivity index (χ1n) is 17.9. The Morgan fingerprint density at radius 1 is 0.643 bits per heavy atom. The van der Waals surface area contributed by atoms with E-state index >= 15 is 0 Å². The van der Waals surface area contributed by atoms with E-state index in [0.717, 1.165) is 31.5 Å². The Balaban J connectivity index is 2.47. The topological polar surface area (TPSA) is 47.1 Å². The van der Waals surface area contributed by atoms with Gasteiger partial charge in [-0.15, -0.1) is 0 Å². The van der Waals surface area contributed by atoms with Crippen LogP contribution in [0, 0.1) is 0 Å². The van der Waals surface area contributed by atoms with Gasteiger partial charge >= 0.3 is 6.03 Å². The van der Waals surface area contributed by atoms with Gasteiger partial charge in [0.15, 0.2) is 0 Å². The standard InChI is InChI=1S/C36H70N4O2/c1-8-11-13-15-17-19-21-23-25-27-29-37(6)31-39-34(41)36(5,33(4)10-3)40(35(39)42)32-38(7)30-28-26-24-22-20-18-16-14-12-9-2/h10H,8-9,11-32H2,1-7H3. The minimum Gasteiger partial charge on any atom is -0.293 e. The van der Waals surface area contributed by atoms with Crippen molar-refractivity contribution in [1.82, 2.24) is 19.6 Å². The number of nitrogens with zero attached hydrogens (tertiary/aromatic N) is 4. The van der Waals surface area contributed by atoms with Crippen LogP contribution in [0.1, 0.15) is 163 Å². The molecule has 0 aromatic rings. The van der Waals surface area contributed by atoms with Crippen molar-refractivity contribution >= 4 is 11.9 Å². The number of rotatable bonds is 27. The molecular formula is C36H70N4O2. The molecule has 3 amide bonds. The van der Waals surface area contributed by atoms with Gasteiger partial charge in [-0.3, -0.25) is 19.5 Å². The van der Waals surface area contributed by atoms with Gasteiger partial charge in [0.25, 0.3) is 5.91 Å². The van der Waals surface area contributed by atoms with Crippen LogP contribution < -0.4 is 0 Å². The summed E-state index contributed by atoms with van der Waals surface area (Å²) in [6, 6.07) is -0.159. The third kappa shape index (κ3) is 13.9. The lowest BCUT2D eigenvalue weighted by Crippen LogP contribution is -2.51. The van der Waals surface area contributed by atoms with E-state index in [4.69, 9.17) is 0 Å². The van der Waals surface area contributed by atoms with Crippen molar-refractivity contribution in [2.24, 2.45) is 0 Å². The molecular weight excluding hydrogens is 520 g/mol. The molecule has 1 aliphatic rings. The van der Waals surface area contributed by atoms with Gasteiger partial charge in [-0.25, -0.2) is 9.69 Å². The lowest BCUT2D eigenvalue weighted by Gasteiger charge is -2.35. The zero-order valence-electron chi connectivity index (χ0n) is 29.2. The van der Waals surface area contributed by atoms with Crippen molar-refractivity contribution in [3.8, 4) is 0 Å². The second-order valence-corrected chi connectivity index (χ2v) is 13.3. The molecule has 246 valence electrons. The zero-order chi connectivity index (χ0) is 31.2. The number of amides is 3. The molecule has 1 heterocycles. The molecule has 1 unspecified atom stereocenters. The van der Waals surface area contributed by atoms with E-state index in [2.05, 4.69) is 30.7 Å². The number of hydrogen-bond acceptors (Lipinski definition) is 4. The number of unbranched alkanes of at least 4 members (excludes halogenated alkanes) is 18. The molecule has 1 aliphatic heterocycles. The smallest absolute Gasteiger partial charge is 0.293 e. The molecule has 1 rings (SSSR count). The highest BCUT2D eigenvalue weighted by Crippen LogP contribution is 2.34. The van der Waals surface area contributed by atoms with E-state index < -0.39 is 5.54 Å². The second kappa shape index (κ2) is 23.0. The van der Waals surface area contributed by atoms with Crippen LogP contribution in [0.25, 0.3) is 0 Å². The highest BCUT2D eigenvalue weighted by molar-refractivity contribution is 6.08. The first-order valence-corrected chi connectivity index (χ1v) is 17.9. The molecule has 1 fully saturated rings. The Hall–Kier alpha value is -1.40. The van der Waals surface area contributed by atoms with Gasteiger partial charge in [0.2, 0.25) is 0 Å². The van der Waals surface area contributed by atoms with Crippen LogP contribution in [0.3, 0.4) is 0 Å². The van der Waals surface area contributed by atoms with Crippen LogP contribution >= 0.6 is 0 Å². The summed E-state index contributed by atoms with van der Waals surface area (Å²) in [4.78, 5) is 35.0. The van der Waals surface area contributed by atoms with Gasteiger partial charge in [-0.2, -0.15) is 0 Å². The van der Waals surface area contributed by atoms with Crippen LogP contribution in [-0.4, -0.2) is 77.6 Å². The predicted octanol–water partition coefficient (Wildman–Crippen LogP) is 9.60. The molecule has 0 spiro atoms. The molecule has 1 saturated heterocycles. The van der Waals surface area contributed by atoms with Crippen molar-refractivity contribution in [3.63, 3.8) is 0 Å². The summed E-state index contributed by atoms with van der Waals surface area (Å²) >= 11 is 0. The number of hydrogen-bond donors (Lipinski definition) is 0. The average Bonchev–Trinajstić information content (AvgIpc) is 3.15. The maximum absolute atomic E-state index is 13.7. The van der Waals surface area contributed by atoms with Crippen molar-refractivity contribution in [3.05, 3.63) is 11.6 Å². The van der Waals surface area contributed by atoms with Gasteiger partial charge in [-0.05, 0) is 66.4 Å². The normalized spacial score (nSPS) is 18.0. The van der Waals surface area contributed by atoms with Crippen molar-refractivity contribution in [1.29, 1.82) is 0 Å². The number of allylic oxidation sites excluding steroid dienone is 1. The minimum absolute atomic E-state index is 0.0923. The van der Waals surface area contributed by atoms with Crippen LogP contribution in [0.4, 0.5) is 4.79 Å². The number of carbonyl (C=O) groups is 2. The molecule has 1 atom stereocenters. The zero-order valence-corrected chi connectivity index (χ0v) is 29.2. The maximum atomic E-state index is 13.7. The first kappa shape index (κ1) is 38.6. The molecule has 0 bridgehead atoms. The first-order chi connectivity index (χ1) is 20.2.